The van der Waals surface area contributed by atoms with Crippen LogP contribution in [0.1, 0.15) is 13.8 Å². The number of imidazole rings is 1. The predicted octanol–water partition coefficient (Wildman–Crippen LogP) is 1.75. The van der Waals surface area contributed by atoms with Gasteiger partial charge in [-0.15, -0.1) is 0 Å². The average molecular weight is 215 g/mol. The third-order valence-corrected chi connectivity index (χ3v) is 2.70. The van der Waals surface area contributed by atoms with E-state index in [0.29, 0.717) is 6.54 Å². The summed E-state index contributed by atoms with van der Waals surface area (Å²) in [6, 6.07) is 0. The first-order chi connectivity index (χ1) is 6.44. The highest BCUT2D eigenvalue weighted by Gasteiger charge is 2.19. The molecule has 0 aliphatic rings. The van der Waals surface area contributed by atoms with Gasteiger partial charge in [-0.1, -0.05) is 13.8 Å². The molecule has 0 aliphatic carbocycles. The molecule has 0 saturated heterocycles. The zero-order chi connectivity index (χ0) is 10.8. The van der Waals surface area contributed by atoms with Crippen molar-refractivity contribution < 1.29 is 4.92 Å². The molecule has 0 radical (unpaired) electrons. The van der Waals surface area contributed by atoms with Crippen LogP contribution < -0.4 is 0 Å². The van der Waals surface area contributed by atoms with Crippen molar-refractivity contribution in [3.63, 3.8) is 0 Å². The van der Waals surface area contributed by atoms with Crippen LogP contribution >= 0.6 is 12.6 Å². The van der Waals surface area contributed by atoms with Crippen molar-refractivity contribution in [3.8, 4) is 0 Å². The molecule has 1 rings (SSSR count). The molecule has 0 saturated carbocycles. The van der Waals surface area contributed by atoms with Crippen molar-refractivity contribution in [1.82, 2.24) is 9.55 Å². The Morgan fingerprint density at radius 1 is 1.71 bits per heavy atom. The van der Waals surface area contributed by atoms with E-state index in [1.54, 1.807) is 4.57 Å². The highest BCUT2D eigenvalue weighted by Crippen LogP contribution is 2.20. The zero-order valence-corrected chi connectivity index (χ0v) is 9.07. The van der Waals surface area contributed by atoms with Gasteiger partial charge >= 0.3 is 5.82 Å². The van der Waals surface area contributed by atoms with Gasteiger partial charge in [0.1, 0.15) is 6.20 Å². The van der Waals surface area contributed by atoms with Crippen LogP contribution in [0.5, 0.6) is 0 Å². The molecule has 78 valence electrons. The number of hydrogen-bond donors (Lipinski definition) is 1. The lowest BCUT2D eigenvalue weighted by atomic mass is 9.96. The van der Waals surface area contributed by atoms with Gasteiger partial charge in [0.25, 0.3) is 0 Å². The Bertz CT molecular complexity index is 335. The number of aromatic nitrogens is 2. The fraction of sp³-hybridized carbons (Fsp3) is 0.625. The topological polar surface area (TPSA) is 61.0 Å². The molecule has 0 fully saturated rings. The molecule has 0 spiro atoms. The van der Waals surface area contributed by atoms with Crippen LogP contribution in [-0.2, 0) is 6.54 Å². The Morgan fingerprint density at radius 3 is 2.79 bits per heavy atom. The lowest BCUT2D eigenvalue weighted by molar-refractivity contribution is -0.389. The molecule has 1 heterocycles. The summed E-state index contributed by atoms with van der Waals surface area (Å²) >= 11 is 4.21. The van der Waals surface area contributed by atoms with Gasteiger partial charge in [0.15, 0.2) is 0 Å². The van der Waals surface area contributed by atoms with Crippen molar-refractivity contribution in [3.05, 3.63) is 22.6 Å². The summed E-state index contributed by atoms with van der Waals surface area (Å²) in [4.78, 5) is 13.5. The number of nitro groups is 1. The van der Waals surface area contributed by atoms with Crippen molar-refractivity contribution in [2.75, 3.05) is 5.75 Å². The van der Waals surface area contributed by atoms with Crippen LogP contribution in [0.2, 0.25) is 0 Å². The summed E-state index contributed by atoms with van der Waals surface area (Å²) in [6.45, 7) is 4.77. The summed E-state index contributed by atoms with van der Waals surface area (Å²) < 4.78 is 1.72. The molecule has 0 bridgehead atoms. The van der Waals surface area contributed by atoms with Crippen LogP contribution in [0.3, 0.4) is 0 Å². The summed E-state index contributed by atoms with van der Waals surface area (Å²) in [5.74, 6) is 0.610. The van der Waals surface area contributed by atoms with Crippen molar-refractivity contribution in [2.24, 2.45) is 5.41 Å². The maximum absolute atomic E-state index is 10.4. The van der Waals surface area contributed by atoms with Crippen LogP contribution in [0, 0.1) is 15.5 Å². The molecule has 6 heteroatoms. The smallest absolute Gasteiger partial charge is 0.358 e. The molecule has 0 unspecified atom stereocenters. The minimum Gasteiger partial charge on any atom is -0.358 e. The Morgan fingerprint density at radius 2 is 2.36 bits per heavy atom. The van der Waals surface area contributed by atoms with E-state index in [-0.39, 0.29) is 11.2 Å². The molecule has 0 aromatic carbocycles. The highest BCUT2D eigenvalue weighted by molar-refractivity contribution is 7.80. The number of hydrogen-bond acceptors (Lipinski definition) is 4. The number of rotatable bonds is 4. The molecule has 1 aromatic rings. The van der Waals surface area contributed by atoms with E-state index in [2.05, 4.69) is 17.6 Å². The first-order valence-electron chi connectivity index (χ1n) is 4.22. The van der Waals surface area contributed by atoms with Crippen LogP contribution in [0.15, 0.2) is 12.5 Å². The van der Waals surface area contributed by atoms with Gasteiger partial charge in [0.2, 0.25) is 6.33 Å². The number of thiol groups is 1. The van der Waals surface area contributed by atoms with Gasteiger partial charge in [-0.3, -0.25) is 0 Å². The molecule has 14 heavy (non-hydrogen) atoms. The molecular formula is C8H13N3O2S. The van der Waals surface area contributed by atoms with Crippen LogP contribution in [0.25, 0.3) is 0 Å². The maximum atomic E-state index is 10.4. The van der Waals surface area contributed by atoms with Crippen molar-refractivity contribution in [1.29, 1.82) is 0 Å². The lowest BCUT2D eigenvalue weighted by Crippen LogP contribution is -2.20. The first-order valence-corrected chi connectivity index (χ1v) is 4.85. The Hall–Kier alpha value is -1.04. The third-order valence-electron chi connectivity index (χ3n) is 1.85. The summed E-state index contributed by atoms with van der Waals surface area (Å²) in [7, 11) is 0. The Labute approximate surface area is 87.7 Å². The second-order valence-corrected chi connectivity index (χ2v) is 4.30. The largest absolute Gasteiger partial charge is 0.381 e. The van der Waals surface area contributed by atoms with E-state index < -0.39 is 4.92 Å². The molecule has 0 amide bonds. The Kier molecular flexibility index (Phi) is 3.15. The molecule has 0 aliphatic heterocycles. The summed E-state index contributed by atoms with van der Waals surface area (Å²) in [5.41, 5.74) is 0.0116. The molecule has 0 N–H and O–H groups in total. The van der Waals surface area contributed by atoms with E-state index in [1.807, 2.05) is 13.8 Å². The van der Waals surface area contributed by atoms with Gasteiger partial charge in [-0.2, -0.15) is 12.6 Å². The molecular weight excluding hydrogens is 202 g/mol. The zero-order valence-electron chi connectivity index (χ0n) is 8.17. The quantitative estimate of drug-likeness (QED) is 0.473. The van der Waals surface area contributed by atoms with Gasteiger partial charge < -0.3 is 14.7 Å². The van der Waals surface area contributed by atoms with Gasteiger partial charge in [-0.05, 0) is 21.1 Å². The monoisotopic (exact) mass is 215 g/mol. The van der Waals surface area contributed by atoms with Crippen LogP contribution in [0.4, 0.5) is 5.82 Å². The second-order valence-electron chi connectivity index (χ2n) is 3.98. The van der Waals surface area contributed by atoms with E-state index in [0.717, 1.165) is 5.75 Å². The fourth-order valence-corrected chi connectivity index (χ4v) is 1.17. The SMILES string of the molecule is CC(C)(CS)Cn1cnc([N+](=O)[O-])c1. The van der Waals surface area contributed by atoms with E-state index in [1.165, 1.54) is 12.5 Å². The number of nitrogens with zero attached hydrogens (tertiary/aromatic N) is 3. The van der Waals surface area contributed by atoms with E-state index in [9.17, 15) is 10.1 Å². The van der Waals surface area contributed by atoms with Crippen molar-refractivity contribution in [2.45, 2.75) is 20.4 Å². The minimum absolute atomic E-state index is 0.0116. The molecule has 0 atom stereocenters. The Balaban J connectivity index is 2.73. The standard InChI is InChI=1S/C8H13N3O2S/c1-8(2,5-14)4-10-3-7(9-6-10)11(12)13/h3,6,14H,4-5H2,1-2H3. The average Bonchev–Trinajstić information content (AvgIpc) is 2.52. The van der Waals surface area contributed by atoms with E-state index >= 15 is 0 Å². The highest BCUT2D eigenvalue weighted by atomic mass is 32.1. The lowest BCUT2D eigenvalue weighted by Gasteiger charge is -2.21. The van der Waals surface area contributed by atoms with Gasteiger partial charge in [0.05, 0.1) is 0 Å². The predicted molar refractivity (Wildman–Crippen MR) is 56.5 cm³/mol. The van der Waals surface area contributed by atoms with Crippen LogP contribution in [-0.4, -0.2) is 20.2 Å². The summed E-state index contributed by atoms with van der Waals surface area (Å²) in [5, 5.41) is 10.4. The fourth-order valence-electron chi connectivity index (χ4n) is 1.07. The first kappa shape index (κ1) is 11.0. The van der Waals surface area contributed by atoms with Gasteiger partial charge in [-0.25, -0.2) is 0 Å². The summed E-state index contributed by atoms with van der Waals surface area (Å²) in [6.07, 6.45) is 2.91. The molecule has 1 aromatic heterocycles. The van der Waals surface area contributed by atoms with Gasteiger partial charge in [0, 0.05) is 6.54 Å². The maximum Gasteiger partial charge on any atom is 0.381 e. The third kappa shape index (κ3) is 2.73. The van der Waals surface area contributed by atoms with E-state index in [4.69, 9.17) is 0 Å². The molecule has 5 nitrogen and oxygen atoms in total. The van der Waals surface area contributed by atoms with Crippen molar-refractivity contribution >= 4 is 18.4 Å². The second kappa shape index (κ2) is 4.00. The minimum atomic E-state index is -0.496. The normalized spacial score (nSPS) is 11.6.